The van der Waals surface area contributed by atoms with Gasteiger partial charge < -0.3 is 14.4 Å². The van der Waals surface area contributed by atoms with E-state index in [0.717, 1.165) is 97.5 Å². The lowest BCUT2D eigenvalue weighted by atomic mass is 9.65. The molecule has 3 rings (SSSR count). The summed E-state index contributed by atoms with van der Waals surface area (Å²) in [6.07, 6.45) is 27.3. The number of rotatable bonds is 16. The van der Waals surface area contributed by atoms with Crippen LogP contribution in [0.15, 0.2) is 0 Å². The number of hydrogen-bond acceptors (Lipinski definition) is 3. The third-order valence-corrected chi connectivity index (χ3v) is 14.9. The fourth-order valence-electron chi connectivity index (χ4n) is 11.0. The minimum Gasteiger partial charge on any atom is -0.347 e. The number of fused-ring (bicyclic) bond motifs is 1. The minimum atomic E-state index is -0.341. The van der Waals surface area contributed by atoms with E-state index in [2.05, 4.69) is 81.3 Å². The fraction of sp³-hybridized carbons (Fsp3) is 1.00. The minimum absolute atomic E-state index is 0.274. The Morgan fingerprint density at radius 1 is 0.714 bits per heavy atom. The van der Waals surface area contributed by atoms with Gasteiger partial charge in [-0.15, -0.1) is 0 Å². The number of nitrogens with zero attached hydrogens (tertiary/aromatic N) is 1. The lowest BCUT2D eigenvalue weighted by Crippen LogP contribution is -2.32. The molecule has 3 fully saturated rings. The van der Waals surface area contributed by atoms with Gasteiger partial charge in [-0.05, 0) is 131 Å². The van der Waals surface area contributed by atoms with E-state index in [4.69, 9.17) is 9.47 Å². The maximum atomic E-state index is 6.84. The lowest BCUT2D eigenvalue weighted by Gasteiger charge is -2.40. The largest absolute Gasteiger partial charge is 0.347 e. The van der Waals surface area contributed by atoms with Gasteiger partial charge in [0.05, 0.1) is 12.7 Å². The van der Waals surface area contributed by atoms with E-state index >= 15 is 0 Å². The highest BCUT2D eigenvalue weighted by Crippen LogP contribution is 2.45. The summed E-state index contributed by atoms with van der Waals surface area (Å²) < 4.78 is 13.5. The standard InChI is InChI=1S/C46H89NO2/c1-12-35(5)28-30-46(48-33-42(49-46)21-16-32-47(10)11)31-29-36(6)22-25-44-38(8)24-27-45-39(9)23-26-43(34(3)4)37(7)17-14-19-41(45)20-15-18-40(44)13-2/h34-45H,12-33H2,1-11H3. The van der Waals surface area contributed by atoms with Crippen molar-refractivity contribution >= 4 is 0 Å². The van der Waals surface area contributed by atoms with Crippen molar-refractivity contribution in [3.05, 3.63) is 0 Å². The third-order valence-electron chi connectivity index (χ3n) is 14.9. The Kier molecular flexibility index (Phi) is 19.6. The van der Waals surface area contributed by atoms with Crippen molar-refractivity contribution in [2.75, 3.05) is 27.2 Å². The second kappa shape index (κ2) is 22.2. The molecular weight excluding hydrogens is 599 g/mol. The van der Waals surface area contributed by atoms with Gasteiger partial charge in [-0.25, -0.2) is 0 Å². The van der Waals surface area contributed by atoms with Gasteiger partial charge in [-0.2, -0.15) is 0 Å². The maximum Gasteiger partial charge on any atom is 0.168 e. The van der Waals surface area contributed by atoms with Gasteiger partial charge in [0.15, 0.2) is 5.79 Å². The zero-order chi connectivity index (χ0) is 36.0. The zero-order valence-electron chi connectivity index (χ0n) is 35.2. The summed E-state index contributed by atoms with van der Waals surface area (Å²) in [5.74, 6) is 9.26. The van der Waals surface area contributed by atoms with Gasteiger partial charge >= 0.3 is 0 Å². The highest BCUT2D eigenvalue weighted by atomic mass is 16.7. The summed E-state index contributed by atoms with van der Waals surface area (Å²) in [5, 5.41) is 0. The monoisotopic (exact) mass is 688 g/mol. The molecule has 12 atom stereocenters. The van der Waals surface area contributed by atoms with E-state index in [1.807, 2.05) is 0 Å². The van der Waals surface area contributed by atoms with Crippen molar-refractivity contribution in [1.29, 1.82) is 0 Å². The van der Waals surface area contributed by atoms with Crippen molar-refractivity contribution < 1.29 is 9.47 Å². The predicted octanol–water partition coefficient (Wildman–Crippen LogP) is 13.4. The second-order valence-corrected chi connectivity index (χ2v) is 19.3. The second-order valence-electron chi connectivity index (χ2n) is 19.3. The quantitative estimate of drug-likeness (QED) is 0.161. The van der Waals surface area contributed by atoms with Crippen LogP contribution in [0.25, 0.3) is 0 Å². The van der Waals surface area contributed by atoms with Gasteiger partial charge in [0.1, 0.15) is 0 Å². The van der Waals surface area contributed by atoms with E-state index in [-0.39, 0.29) is 11.9 Å². The molecule has 12 unspecified atom stereocenters. The van der Waals surface area contributed by atoms with E-state index in [9.17, 15) is 0 Å². The van der Waals surface area contributed by atoms with Crippen LogP contribution in [-0.4, -0.2) is 44.0 Å². The highest BCUT2D eigenvalue weighted by molar-refractivity contribution is 4.86. The van der Waals surface area contributed by atoms with Crippen LogP contribution >= 0.6 is 0 Å². The molecule has 0 N–H and O–H groups in total. The Labute approximate surface area is 308 Å². The lowest BCUT2D eigenvalue weighted by molar-refractivity contribution is -0.182. The van der Waals surface area contributed by atoms with Crippen LogP contribution in [0, 0.1) is 65.1 Å². The van der Waals surface area contributed by atoms with Crippen molar-refractivity contribution in [2.45, 2.75) is 203 Å². The van der Waals surface area contributed by atoms with E-state index in [1.54, 1.807) is 0 Å². The molecule has 3 aliphatic rings. The SMILES string of the molecule is CCC(C)CCC1(CCC(C)CCC2C(C)CCC3C(C)CCC(C(C)C)C(C)CCCC3CCCC2CC)OCC(CCCN(C)C)O1. The Morgan fingerprint density at radius 3 is 2.04 bits per heavy atom. The molecule has 0 spiro atoms. The van der Waals surface area contributed by atoms with Crippen molar-refractivity contribution in [1.82, 2.24) is 4.90 Å². The number of ether oxygens (including phenoxy) is 2. The van der Waals surface area contributed by atoms with Gasteiger partial charge in [0.25, 0.3) is 0 Å². The molecule has 0 aromatic heterocycles. The smallest absolute Gasteiger partial charge is 0.168 e. The molecule has 3 nitrogen and oxygen atoms in total. The van der Waals surface area contributed by atoms with Gasteiger partial charge in [0, 0.05) is 12.8 Å². The zero-order valence-corrected chi connectivity index (χ0v) is 35.2. The first-order chi connectivity index (χ1) is 23.4. The molecule has 0 bridgehead atoms. The van der Waals surface area contributed by atoms with Crippen molar-refractivity contribution in [3.8, 4) is 0 Å². The molecule has 3 heteroatoms. The molecule has 49 heavy (non-hydrogen) atoms. The normalized spacial score (nSPS) is 36.8. The van der Waals surface area contributed by atoms with Crippen LogP contribution in [0.5, 0.6) is 0 Å². The molecule has 2 saturated carbocycles. The topological polar surface area (TPSA) is 21.7 Å². The summed E-state index contributed by atoms with van der Waals surface area (Å²) in [5.41, 5.74) is 0. The Morgan fingerprint density at radius 2 is 1.39 bits per heavy atom. The summed E-state index contributed by atoms with van der Waals surface area (Å²) in [6.45, 7) is 24.6. The molecule has 2 aliphatic carbocycles. The first-order valence-corrected chi connectivity index (χ1v) is 22.3. The van der Waals surface area contributed by atoms with Crippen LogP contribution in [-0.2, 0) is 9.47 Å². The fourth-order valence-corrected chi connectivity index (χ4v) is 11.0. The first kappa shape index (κ1) is 43.3. The summed E-state index contributed by atoms with van der Waals surface area (Å²) in [4.78, 5) is 2.29. The predicted molar refractivity (Wildman–Crippen MR) is 214 cm³/mol. The molecule has 0 amide bonds. The van der Waals surface area contributed by atoms with Gasteiger partial charge in [0.2, 0.25) is 0 Å². The summed E-state index contributed by atoms with van der Waals surface area (Å²) in [7, 11) is 4.34. The molecule has 0 aromatic carbocycles. The molecule has 1 aliphatic heterocycles. The van der Waals surface area contributed by atoms with Crippen molar-refractivity contribution in [3.63, 3.8) is 0 Å². The molecule has 0 aromatic rings. The Balaban J connectivity index is 1.59. The van der Waals surface area contributed by atoms with Crippen LogP contribution in [0.4, 0.5) is 0 Å². The first-order valence-electron chi connectivity index (χ1n) is 22.3. The average molecular weight is 688 g/mol. The summed E-state index contributed by atoms with van der Waals surface area (Å²) >= 11 is 0. The molecule has 0 radical (unpaired) electrons. The molecule has 290 valence electrons. The average Bonchev–Trinajstić information content (AvgIpc) is 3.47. The Hall–Kier alpha value is -0.120. The molecule has 1 saturated heterocycles. The van der Waals surface area contributed by atoms with Crippen LogP contribution < -0.4 is 0 Å². The van der Waals surface area contributed by atoms with E-state index in [1.165, 1.54) is 109 Å². The molecular formula is C46H89NO2. The van der Waals surface area contributed by atoms with Crippen LogP contribution in [0.1, 0.15) is 191 Å². The van der Waals surface area contributed by atoms with Crippen LogP contribution in [0.2, 0.25) is 0 Å². The van der Waals surface area contributed by atoms with Gasteiger partial charge in [-0.1, -0.05) is 133 Å². The van der Waals surface area contributed by atoms with E-state index in [0.29, 0.717) is 0 Å². The molecule has 1 heterocycles. The van der Waals surface area contributed by atoms with E-state index < -0.39 is 0 Å². The van der Waals surface area contributed by atoms with Crippen molar-refractivity contribution in [2.24, 2.45) is 65.1 Å². The number of hydrogen-bond donors (Lipinski definition) is 0. The van der Waals surface area contributed by atoms with Crippen LogP contribution in [0.3, 0.4) is 0 Å². The Bertz CT molecular complexity index is 858. The third kappa shape index (κ3) is 14.3. The maximum absolute atomic E-state index is 6.84. The van der Waals surface area contributed by atoms with Gasteiger partial charge in [-0.3, -0.25) is 0 Å². The summed E-state index contributed by atoms with van der Waals surface area (Å²) in [6, 6.07) is 0. The highest BCUT2D eigenvalue weighted by Gasteiger charge is 2.41.